The Hall–Kier alpha value is -4.02. The summed E-state index contributed by atoms with van der Waals surface area (Å²) in [6, 6.07) is 13.0. The van der Waals surface area contributed by atoms with E-state index in [1.807, 2.05) is 41.5 Å². The normalized spacial score (nSPS) is 17.0. The van der Waals surface area contributed by atoms with E-state index in [1.165, 1.54) is 0 Å². The van der Waals surface area contributed by atoms with Gasteiger partial charge in [-0.25, -0.2) is 19.4 Å². The molecule has 2 aliphatic heterocycles. The molecule has 45 heavy (non-hydrogen) atoms. The molecule has 2 heterocycles. The number of Topliss-reactive ketones (excluding diaryl/α,β-unsaturated/α-hetero) is 2. The SMILES string of the molecule is CC(C)(C)OCCC(C)(C)OC(=O)N1/C(=C2\C(=O)c3ccccc3N2C(=O)OC(C)(C)COC(C)(C)C)C(=O)c2ccccc21. The second-order valence-corrected chi connectivity index (χ2v) is 14.4. The number of allylic oxidation sites excluding steroid dienone is 2. The third-order valence-electron chi connectivity index (χ3n) is 7.07. The number of hydrogen-bond acceptors (Lipinski definition) is 8. The predicted molar refractivity (Wildman–Crippen MR) is 171 cm³/mol. The van der Waals surface area contributed by atoms with Gasteiger partial charge in [-0.15, -0.1) is 0 Å². The highest BCUT2D eigenvalue weighted by Gasteiger charge is 2.49. The number of nitrogens with zero attached hydrogens (tertiary/aromatic N) is 2. The summed E-state index contributed by atoms with van der Waals surface area (Å²) in [5, 5.41) is 0. The van der Waals surface area contributed by atoms with Crippen LogP contribution >= 0.6 is 0 Å². The molecule has 2 aromatic rings. The van der Waals surface area contributed by atoms with Crippen molar-refractivity contribution in [3.63, 3.8) is 0 Å². The van der Waals surface area contributed by atoms with Gasteiger partial charge in [0.2, 0.25) is 11.6 Å². The average molecular weight is 621 g/mol. The molecule has 0 radical (unpaired) electrons. The van der Waals surface area contributed by atoms with E-state index >= 15 is 0 Å². The molecular weight excluding hydrogens is 576 g/mol. The maximum atomic E-state index is 14.0. The third-order valence-corrected chi connectivity index (χ3v) is 7.07. The van der Waals surface area contributed by atoms with Gasteiger partial charge in [-0.1, -0.05) is 24.3 Å². The first-order valence-corrected chi connectivity index (χ1v) is 15.1. The van der Waals surface area contributed by atoms with Gasteiger partial charge < -0.3 is 18.9 Å². The monoisotopic (exact) mass is 620 g/mol. The molecule has 0 atom stereocenters. The summed E-state index contributed by atoms with van der Waals surface area (Å²) in [6.45, 7) is 18.7. The van der Waals surface area contributed by atoms with Gasteiger partial charge >= 0.3 is 12.2 Å². The predicted octanol–water partition coefficient (Wildman–Crippen LogP) is 7.45. The lowest BCUT2D eigenvalue weighted by Gasteiger charge is -2.32. The summed E-state index contributed by atoms with van der Waals surface area (Å²) >= 11 is 0. The van der Waals surface area contributed by atoms with Crippen molar-refractivity contribution < 1.29 is 38.1 Å². The van der Waals surface area contributed by atoms with Crippen LogP contribution in [0.4, 0.5) is 21.0 Å². The summed E-state index contributed by atoms with van der Waals surface area (Å²) in [5.41, 5.74) is -2.65. The molecule has 0 aliphatic carbocycles. The number of ether oxygens (including phenoxy) is 4. The van der Waals surface area contributed by atoms with E-state index in [-0.39, 0.29) is 46.1 Å². The summed E-state index contributed by atoms with van der Waals surface area (Å²) in [5.74, 6) is -1.20. The van der Waals surface area contributed by atoms with Crippen molar-refractivity contribution in [3.8, 4) is 0 Å². The maximum Gasteiger partial charge on any atom is 0.419 e. The molecule has 0 saturated heterocycles. The number of carbonyl (C=O) groups is 4. The van der Waals surface area contributed by atoms with Gasteiger partial charge in [0.1, 0.15) is 22.6 Å². The number of amides is 2. The van der Waals surface area contributed by atoms with Crippen LogP contribution in [0.15, 0.2) is 59.9 Å². The van der Waals surface area contributed by atoms with Crippen LogP contribution in [0.1, 0.15) is 96.4 Å². The Morgan fingerprint density at radius 3 is 1.42 bits per heavy atom. The quantitative estimate of drug-likeness (QED) is 0.293. The van der Waals surface area contributed by atoms with Crippen LogP contribution in [0.5, 0.6) is 0 Å². The summed E-state index contributed by atoms with van der Waals surface area (Å²) in [6.07, 6.45) is -1.39. The Morgan fingerprint density at radius 2 is 1.00 bits per heavy atom. The van der Waals surface area contributed by atoms with Gasteiger partial charge in [0.05, 0.1) is 35.8 Å². The lowest BCUT2D eigenvalue weighted by atomic mass is 10.1. The molecule has 2 aromatic carbocycles. The molecule has 242 valence electrons. The lowest BCUT2D eigenvalue weighted by molar-refractivity contribution is -0.0852. The zero-order valence-electron chi connectivity index (χ0n) is 27.9. The van der Waals surface area contributed by atoms with Crippen molar-refractivity contribution >= 4 is 35.1 Å². The second-order valence-electron chi connectivity index (χ2n) is 14.4. The molecule has 10 nitrogen and oxygen atoms in total. The van der Waals surface area contributed by atoms with Gasteiger partial charge in [-0.05, 0) is 93.5 Å². The highest BCUT2D eigenvalue weighted by atomic mass is 16.6. The smallest absolute Gasteiger partial charge is 0.419 e. The van der Waals surface area contributed by atoms with Crippen molar-refractivity contribution in [2.24, 2.45) is 0 Å². The average Bonchev–Trinajstić information content (AvgIpc) is 3.37. The Labute approximate surface area is 265 Å². The van der Waals surface area contributed by atoms with Crippen molar-refractivity contribution in [3.05, 3.63) is 71.1 Å². The fourth-order valence-electron chi connectivity index (χ4n) is 4.86. The molecule has 0 saturated carbocycles. The molecule has 10 heteroatoms. The fraction of sp³-hybridized carbons (Fsp3) is 0.486. The number of anilines is 2. The van der Waals surface area contributed by atoms with E-state index in [2.05, 4.69) is 0 Å². The van der Waals surface area contributed by atoms with E-state index in [0.29, 0.717) is 13.0 Å². The summed E-state index contributed by atoms with van der Waals surface area (Å²) in [4.78, 5) is 58.1. The van der Waals surface area contributed by atoms with Crippen molar-refractivity contribution in [2.75, 3.05) is 23.0 Å². The first-order valence-electron chi connectivity index (χ1n) is 15.1. The minimum atomic E-state index is -1.10. The molecule has 0 N–H and O–H groups in total. The van der Waals surface area contributed by atoms with Crippen LogP contribution in [-0.4, -0.2) is 59.4 Å². The first kappa shape index (κ1) is 33.9. The van der Waals surface area contributed by atoms with Gasteiger partial charge in [0.15, 0.2) is 0 Å². The summed E-state index contributed by atoms with van der Waals surface area (Å²) in [7, 11) is 0. The van der Waals surface area contributed by atoms with Crippen LogP contribution in [-0.2, 0) is 18.9 Å². The molecule has 0 fully saturated rings. The minimum absolute atomic E-state index is 0.0778. The van der Waals surface area contributed by atoms with Gasteiger partial charge in [-0.3, -0.25) is 9.59 Å². The minimum Gasteiger partial charge on any atom is -0.443 e. The number of fused-ring (bicyclic) bond motifs is 2. The molecular formula is C35H44N2O8. The van der Waals surface area contributed by atoms with E-state index < -0.39 is 40.6 Å². The van der Waals surface area contributed by atoms with Crippen LogP contribution in [0.3, 0.4) is 0 Å². The number of hydrogen-bond donors (Lipinski definition) is 0. The number of carbonyl (C=O) groups excluding carboxylic acids is 4. The van der Waals surface area contributed by atoms with E-state index in [4.69, 9.17) is 18.9 Å². The highest BCUT2D eigenvalue weighted by Crippen LogP contribution is 2.43. The van der Waals surface area contributed by atoms with Crippen molar-refractivity contribution in [1.82, 2.24) is 0 Å². The van der Waals surface area contributed by atoms with Crippen LogP contribution < -0.4 is 9.80 Å². The van der Waals surface area contributed by atoms with E-state index in [1.54, 1.807) is 76.2 Å². The standard InChI is InChI=1S/C35H44N2O8/c1-32(2,3)42-20-19-34(7,8)44-30(40)36-24-17-13-11-15-22(24)28(38)26(36)27-29(39)23-16-12-14-18-25(23)37(27)31(41)45-35(9,10)21-43-33(4,5)6/h11-18H,19-21H2,1-10H3/b27-26+. The Balaban J connectivity index is 1.78. The molecule has 0 spiro atoms. The number of rotatable bonds is 7. The van der Waals surface area contributed by atoms with Crippen LogP contribution in [0.2, 0.25) is 0 Å². The zero-order valence-corrected chi connectivity index (χ0v) is 27.9. The van der Waals surface area contributed by atoms with Crippen molar-refractivity contribution in [1.29, 1.82) is 0 Å². The first-order chi connectivity index (χ1) is 20.7. The summed E-state index contributed by atoms with van der Waals surface area (Å²) < 4.78 is 23.5. The van der Waals surface area contributed by atoms with Gasteiger partial charge in [0, 0.05) is 17.5 Å². The second kappa shape index (κ2) is 12.1. The van der Waals surface area contributed by atoms with Crippen LogP contribution in [0, 0.1) is 0 Å². The zero-order chi connectivity index (χ0) is 33.5. The van der Waals surface area contributed by atoms with Crippen LogP contribution in [0.25, 0.3) is 0 Å². The fourth-order valence-corrected chi connectivity index (χ4v) is 4.86. The molecule has 4 rings (SSSR count). The molecule has 0 aromatic heterocycles. The molecule has 0 bridgehead atoms. The maximum absolute atomic E-state index is 14.0. The number of ketones is 2. The number of benzene rings is 2. The molecule has 0 unspecified atom stereocenters. The van der Waals surface area contributed by atoms with Gasteiger partial charge in [0.25, 0.3) is 0 Å². The Bertz CT molecular complexity index is 1540. The number of para-hydroxylation sites is 2. The topological polar surface area (TPSA) is 112 Å². The van der Waals surface area contributed by atoms with Crippen molar-refractivity contribution in [2.45, 2.75) is 98.1 Å². The lowest BCUT2D eigenvalue weighted by Crippen LogP contribution is -2.43. The van der Waals surface area contributed by atoms with E-state index in [9.17, 15) is 19.2 Å². The Kier molecular flexibility index (Phi) is 9.07. The Morgan fingerprint density at radius 1 is 0.600 bits per heavy atom. The molecule has 2 aliphatic rings. The third kappa shape index (κ3) is 7.62. The van der Waals surface area contributed by atoms with E-state index in [0.717, 1.165) is 9.80 Å². The highest BCUT2D eigenvalue weighted by molar-refractivity contribution is 6.33. The van der Waals surface area contributed by atoms with Gasteiger partial charge in [-0.2, -0.15) is 0 Å². The molecule has 2 amide bonds. The largest absolute Gasteiger partial charge is 0.443 e.